The third kappa shape index (κ3) is 6.23. The number of hydrogen-bond donors (Lipinski definition) is 0. The van der Waals surface area contributed by atoms with Crippen molar-refractivity contribution in [3.63, 3.8) is 0 Å². The second-order valence-electron chi connectivity index (χ2n) is 4.47. The van der Waals surface area contributed by atoms with Crippen molar-refractivity contribution in [2.75, 3.05) is 0 Å². The van der Waals surface area contributed by atoms with Gasteiger partial charge in [-0.1, -0.05) is 65.0 Å². The largest absolute Gasteiger partial charge is 0.0917 e. The average Bonchev–Trinajstić information content (AvgIpc) is 2.20. The molecule has 0 bridgehead atoms. The van der Waals surface area contributed by atoms with Crippen LogP contribution < -0.4 is 0 Å². The van der Waals surface area contributed by atoms with Crippen LogP contribution >= 0.6 is 0 Å². The van der Waals surface area contributed by atoms with E-state index >= 15 is 0 Å². The molecule has 0 nitrogen and oxygen atoms in total. The van der Waals surface area contributed by atoms with E-state index in [0.29, 0.717) is 0 Å². The van der Waals surface area contributed by atoms with Gasteiger partial charge in [0.1, 0.15) is 0 Å². The first-order chi connectivity index (χ1) is 6.76. The summed E-state index contributed by atoms with van der Waals surface area (Å²) in [6.07, 6.45) is 12.7. The zero-order chi connectivity index (χ0) is 10.8. The SMILES string of the molecule is CC=CCC(CCC)C(C)CCCC. The van der Waals surface area contributed by atoms with Gasteiger partial charge in [-0.05, 0) is 25.2 Å². The van der Waals surface area contributed by atoms with Crippen LogP contribution in [0.2, 0.25) is 0 Å². The van der Waals surface area contributed by atoms with E-state index in [9.17, 15) is 0 Å². The van der Waals surface area contributed by atoms with Crippen molar-refractivity contribution in [3.8, 4) is 0 Å². The van der Waals surface area contributed by atoms with Gasteiger partial charge in [-0.2, -0.15) is 0 Å². The highest BCUT2D eigenvalue weighted by Gasteiger charge is 2.14. The van der Waals surface area contributed by atoms with Gasteiger partial charge < -0.3 is 0 Å². The van der Waals surface area contributed by atoms with Crippen LogP contribution in [-0.4, -0.2) is 0 Å². The molecule has 0 aromatic heterocycles. The number of unbranched alkanes of at least 4 members (excludes halogenated alkanes) is 1. The van der Waals surface area contributed by atoms with Gasteiger partial charge in [-0.3, -0.25) is 0 Å². The zero-order valence-electron chi connectivity index (χ0n) is 10.6. The summed E-state index contributed by atoms with van der Waals surface area (Å²) in [4.78, 5) is 0. The summed E-state index contributed by atoms with van der Waals surface area (Å²) in [5, 5.41) is 0. The number of rotatable bonds is 8. The molecule has 0 fully saturated rings. The molecule has 0 spiro atoms. The molecule has 0 heteroatoms. The lowest BCUT2D eigenvalue weighted by Gasteiger charge is -2.22. The third-order valence-electron chi connectivity index (χ3n) is 3.15. The Morgan fingerprint density at radius 2 is 1.79 bits per heavy atom. The van der Waals surface area contributed by atoms with Gasteiger partial charge >= 0.3 is 0 Å². The highest BCUT2D eigenvalue weighted by Crippen LogP contribution is 2.26. The van der Waals surface area contributed by atoms with E-state index < -0.39 is 0 Å². The maximum Gasteiger partial charge on any atom is -0.0320 e. The van der Waals surface area contributed by atoms with E-state index in [2.05, 4.69) is 39.8 Å². The van der Waals surface area contributed by atoms with Crippen LogP contribution in [0.1, 0.15) is 66.2 Å². The second kappa shape index (κ2) is 9.30. The number of hydrogen-bond acceptors (Lipinski definition) is 0. The molecule has 84 valence electrons. The lowest BCUT2D eigenvalue weighted by Crippen LogP contribution is -2.10. The molecule has 0 saturated heterocycles. The van der Waals surface area contributed by atoms with Gasteiger partial charge in [-0.15, -0.1) is 0 Å². The molecule has 2 unspecified atom stereocenters. The fourth-order valence-corrected chi connectivity index (χ4v) is 2.08. The molecule has 14 heavy (non-hydrogen) atoms. The summed E-state index contributed by atoms with van der Waals surface area (Å²) >= 11 is 0. The fourth-order valence-electron chi connectivity index (χ4n) is 2.08. The molecular formula is C14H28. The monoisotopic (exact) mass is 196 g/mol. The van der Waals surface area contributed by atoms with Gasteiger partial charge in [0.25, 0.3) is 0 Å². The predicted octanol–water partition coefficient (Wildman–Crippen LogP) is 5.20. The molecule has 0 amide bonds. The van der Waals surface area contributed by atoms with Crippen molar-refractivity contribution in [2.24, 2.45) is 11.8 Å². The van der Waals surface area contributed by atoms with Crippen LogP contribution in [0.3, 0.4) is 0 Å². The summed E-state index contributed by atoms with van der Waals surface area (Å²) < 4.78 is 0. The number of allylic oxidation sites excluding steroid dienone is 2. The van der Waals surface area contributed by atoms with Gasteiger partial charge in [0, 0.05) is 0 Å². The van der Waals surface area contributed by atoms with Gasteiger partial charge in [0.15, 0.2) is 0 Å². The van der Waals surface area contributed by atoms with E-state index in [1.807, 2.05) is 0 Å². The van der Waals surface area contributed by atoms with E-state index in [4.69, 9.17) is 0 Å². The fraction of sp³-hybridized carbons (Fsp3) is 0.857. The van der Waals surface area contributed by atoms with E-state index in [0.717, 1.165) is 11.8 Å². The molecular weight excluding hydrogens is 168 g/mol. The van der Waals surface area contributed by atoms with Crippen LogP contribution in [-0.2, 0) is 0 Å². The molecule has 0 heterocycles. The Hall–Kier alpha value is -0.260. The Labute approximate surface area is 90.8 Å². The minimum Gasteiger partial charge on any atom is -0.0917 e. The van der Waals surface area contributed by atoms with E-state index in [1.165, 1.54) is 38.5 Å². The third-order valence-corrected chi connectivity index (χ3v) is 3.15. The minimum atomic E-state index is 0.908. The van der Waals surface area contributed by atoms with Crippen LogP contribution in [0.4, 0.5) is 0 Å². The average molecular weight is 196 g/mol. The quantitative estimate of drug-likeness (QED) is 0.468. The topological polar surface area (TPSA) is 0 Å². The van der Waals surface area contributed by atoms with E-state index in [-0.39, 0.29) is 0 Å². The Bertz CT molecular complexity index is 135. The molecule has 0 aromatic rings. The van der Waals surface area contributed by atoms with Crippen LogP contribution in [0.15, 0.2) is 12.2 Å². The maximum absolute atomic E-state index is 2.43. The van der Waals surface area contributed by atoms with Crippen LogP contribution in [0.5, 0.6) is 0 Å². The molecule has 2 atom stereocenters. The summed E-state index contributed by atoms with van der Waals surface area (Å²) in [5.74, 6) is 1.83. The van der Waals surface area contributed by atoms with Crippen molar-refractivity contribution in [1.82, 2.24) is 0 Å². The lowest BCUT2D eigenvalue weighted by molar-refractivity contribution is 0.311. The first-order valence-corrected chi connectivity index (χ1v) is 6.37. The Morgan fingerprint density at radius 1 is 1.07 bits per heavy atom. The summed E-state index contributed by atoms with van der Waals surface area (Å²) in [7, 11) is 0. The van der Waals surface area contributed by atoms with Crippen molar-refractivity contribution in [3.05, 3.63) is 12.2 Å². The summed E-state index contributed by atoms with van der Waals surface area (Å²) in [5.41, 5.74) is 0. The molecule has 0 aliphatic rings. The molecule has 0 aliphatic heterocycles. The minimum absolute atomic E-state index is 0.908. The van der Waals surface area contributed by atoms with Crippen molar-refractivity contribution < 1.29 is 0 Å². The molecule has 0 N–H and O–H groups in total. The second-order valence-corrected chi connectivity index (χ2v) is 4.47. The zero-order valence-corrected chi connectivity index (χ0v) is 10.6. The highest BCUT2D eigenvalue weighted by molar-refractivity contribution is 4.82. The lowest BCUT2D eigenvalue weighted by atomic mass is 9.84. The highest BCUT2D eigenvalue weighted by atomic mass is 14.2. The molecule has 0 radical (unpaired) electrons. The van der Waals surface area contributed by atoms with Crippen LogP contribution in [0, 0.1) is 11.8 Å². The van der Waals surface area contributed by atoms with Crippen molar-refractivity contribution in [1.29, 1.82) is 0 Å². The maximum atomic E-state index is 2.43. The molecule has 0 rings (SSSR count). The Morgan fingerprint density at radius 3 is 2.29 bits per heavy atom. The Kier molecular flexibility index (Phi) is 9.13. The smallest absolute Gasteiger partial charge is 0.0320 e. The Balaban J connectivity index is 3.89. The molecule has 0 aromatic carbocycles. The van der Waals surface area contributed by atoms with E-state index in [1.54, 1.807) is 0 Å². The van der Waals surface area contributed by atoms with Crippen LogP contribution in [0.25, 0.3) is 0 Å². The standard InChI is InChI=1S/C14H28/c1-5-8-11-13(4)14(10-7-3)12-9-6-2/h6,9,13-14H,5,7-8,10-12H2,1-4H3. The van der Waals surface area contributed by atoms with Gasteiger partial charge in [-0.25, -0.2) is 0 Å². The normalized spacial score (nSPS) is 16.0. The first-order valence-electron chi connectivity index (χ1n) is 6.37. The summed E-state index contributed by atoms with van der Waals surface area (Å²) in [6.45, 7) is 9.14. The molecule has 0 aliphatic carbocycles. The predicted molar refractivity (Wildman–Crippen MR) is 66.5 cm³/mol. The first kappa shape index (κ1) is 13.7. The molecule has 0 saturated carbocycles. The van der Waals surface area contributed by atoms with Gasteiger partial charge in [0.05, 0.1) is 0 Å². The van der Waals surface area contributed by atoms with Crippen molar-refractivity contribution in [2.45, 2.75) is 66.2 Å². The van der Waals surface area contributed by atoms with Gasteiger partial charge in [0.2, 0.25) is 0 Å². The summed E-state index contributed by atoms with van der Waals surface area (Å²) in [6, 6.07) is 0. The van der Waals surface area contributed by atoms with Crippen molar-refractivity contribution >= 4 is 0 Å².